The zero-order valence-corrected chi connectivity index (χ0v) is 11.2. The number of hydrogen-bond acceptors (Lipinski definition) is 8. The fourth-order valence-corrected chi connectivity index (χ4v) is 2.01. The number of morpholine rings is 1. The van der Waals surface area contributed by atoms with Crippen LogP contribution in [0.15, 0.2) is 6.07 Å². The van der Waals surface area contributed by atoms with Crippen LogP contribution in [0.4, 0.5) is 11.6 Å². The second-order valence-electron chi connectivity index (χ2n) is 4.29. The zero-order chi connectivity index (χ0) is 14.5. The van der Waals surface area contributed by atoms with E-state index in [2.05, 4.69) is 15.4 Å². The molecule has 1 aliphatic rings. The summed E-state index contributed by atoms with van der Waals surface area (Å²) in [6.07, 6.45) is 0. The Morgan fingerprint density at radius 3 is 3.10 bits per heavy atom. The van der Waals surface area contributed by atoms with Gasteiger partial charge >= 0.3 is 0 Å². The van der Waals surface area contributed by atoms with Gasteiger partial charge in [0.2, 0.25) is 5.91 Å². The van der Waals surface area contributed by atoms with Crippen molar-refractivity contribution in [3.63, 3.8) is 0 Å². The van der Waals surface area contributed by atoms with Crippen molar-refractivity contribution in [3.05, 3.63) is 11.9 Å². The molecule has 2 heterocycles. The van der Waals surface area contributed by atoms with Crippen LogP contribution in [-0.2, 0) is 20.9 Å². The molecule has 1 fully saturated rings. The first-order chi connectivity index (χ1) is 9.65. The molecule has 1 atom stereocenters. The van der Waals surface area contributed by atoms with E-state index in [1.54, 1.807) is 18.1 Å². The molecule has 1 aromatic rings. The van der Waals surface area contributed by atoms with Crippen molar-refractivity contribution in [2.75, 3.05) is 37.2 Å². The van der Waals surface area contributed by atoms with E-state index in [1.807, 2.05) is 0 Å². The Bertz CT molecular complexity index is 483. The lowest BCUT2D eigenvalue weighted by Gasteiger charge is -2.34. The molecular formula is C11H18N6O3. The summed E-state index contributed by atoms with van der Waals surface area (Å²) >= 11 is 0. The maximum atomic E-state index is 11.5. The van der Waals surface area contributed by atoms with Crippen LogP contribution in [0, 0.1) is 0 Å². The highest BCUT2D eigenvalue weighted by atomic mass is 16.5. The van der Waals surface area contributed by atoms with Crippen LogP contribution in [-0.4, -0.2) is 48.8 Å². The summed E-state index contributed by atoms with van der Waals surface area (Å²) in [4.78, 5) is 21.8. The van der Waals surface area contributed by atoms with Crippen LogP contribution in [0.1, 0.15) is 5.82 Å². The third-order valence-electron chi connectivity index (χ3n) is 2.93. The molecule has 1 amide bonds. The van der Waals surface area contributed by atoms with E-state index in [1.165, 1.54) is 0 Å². The number of anilines is 2. The summed E-state index contributed by atoms with van der Waals surface area (Å²) in [7, 11) is 1.55. The Balaban J connectivity index is 2.33. The van der Waals surface area contributed by atoms with Crippen LogP contribution in [0.25, 0.3) is 0 Å². The quantitative estimate of drug-likeness (QED) is 0.444. The monoisotopic (exact) mass is 282 g/mol. The lowest BCUT2D eigenvalue weighted by molar-refractivity contribution is -0.121. The van der Waals surface area contributed by atoms with Crippen LogP contribution in [0.2, 0.25) is 0 Å². The molecule has 20 heavy (non-hydrogen) atoms. The SMILES string of the molecule is COCc1nc(NN)cc(N2CCOCC2C(N)=O)n1. The third-order valence-corrected chi connectivity index (χ3v) is 2.93. The van der Waals surface area contributed by atoms with Crippen molar-refractivity contribution in [2.24, 2.45) is 11.6 Å². The lowest BCUT2D eigenvalue weighted by Crippen LogP contribution is -2.53. The molecule has 9 heteroatoms. The Kier molecular flexibility index (Phi) is 4.66. The molecule has 9 nitrogen and oxygen atoms in total. The number of ether oxygens (including phenoxy) is 2. The second-order valence-corrected chi connectivity index (χ2v) is 4.29. The summed E-state index contributed by atoms with van der Waals surface area (Å²) < 4.78 is 10.3. The maximum absolute atomic E-state index is 11.5. The number of nitrogens with two attached hydrogens (primary N) is 2. The molecule has 0 bridgehead atoms. The highest BCUT2D eigenvalue weighted by Crippen LogP contribution is 2.20. The number of carbonyl (C=O) groups excluding carboxylic acids is 1. The van der Waals surface area contributed by atoms with Crippen molar-refractivity contribution < 1.29 is 14.3 Å². The zero-order valence-electron chi connectivity index (χ0n) is 11.2. The van der Waals surface area contributed by atoms with Gasteiger partial charge in [0.25, 0.3) is 0 Å². The van der Waals surface area contributed by atoms with Gasteiger partial charge in [0.1, 0.15) is 24.3 Å². The number of hydrogen-bond donors (Lipinski definition) is 3. The van der Waals surface area contributed by atoms with E-state index in [0.717, 1.165) is 0 Å². The molecule has 0 radical (unpaired) electrons. The van der Waals surface area contributed by atoms with Gasteiger partial charge in [-0.2, -0.15) is 0 Å². The second kappa shape index (κ2) is 6.46. The number of carbonyl (C=O) groups is 1. The van der Waals surface area contributed by atoms with Crippen LogP contribution in [0.5, 0.6) is 0 Å². The van der Waals surface area contributed by atoms with Crippen LogP contribution >= 0.6 is 0 Å². The molecule has 0 aromatic carbocycles. The summed E-state index contributed by atoms with van der Waals surface area (Å²) in [5, 5.41) is 0. The van der Waals surface area contributed by atoms with Crippen molar-refractivity contribution in [1.29, 1.82) is 0 Å². The average molecular weight is 282 g/mol. The van der Waals surface area contributed by atoms with Gasteiger partial charge < -0.3 is 25.5 Å². The first-order valence-corrected chi connectivity index (χ1v) is 6.13. The van der Waals surface area contributed by atoms with E-state index < -0.39 is 11.9 Å². The number of nitrogens with one attached hydrogen (secondary N) is 1. The minimum atomic E-state index is -0.556. The van der Waals surface area contributed by atoms with E-state index in [4.69, 9.17) is 21.1 Å². The number of aromatic nitrogens is 2. The Morgan fingerprint density at radius 2 is 2.45 bits per heavy atom. The van der Waals surface area contributed by atoms with Gasteiger partial charge in [-0.3, -0.25) is 4.79 Å². The van der Waals surface area contributed by atoms with Gasteiger partial charge in [-0.15, -0.1) is 0 Å². The Hall–Kier alpha value is -1.97. The van der Waals surface area contributed by atoms with Gasteiger partial charge in [-0.05, 0) is 0 Å². The predicted octanol–water partition coefficient (Wildman–Crippen LogP) is -1.40. The number of nitrogens with zero attached hydrogens (tertiary/aromatic N) is 3. The van der Waals surface area contributed by atoms with Gasteiger partial charge in [-0.25, -0.2) is 15.8 Å². The van der Waals surface area contributed by atoms with Gasteiger partial charge in [0.15, 0.2) is 5.82 Å². The predicted molar refractivity (Wildman–Crippen MR) is 71.7 cm³/mol. The third kappa shape index (κ3) is 3.13. The fourth-order valence-electron chi connectivity index (χ4n) is 2.01. The smallest absolute Gasteiger partial charge is 0.242 e. The number of primary amides is 1. The van der Waals surface area contributed by atoms with E-state index in [0.29, 0.717) is 30.6 Å². The fraction of sp³-hybridized carbons (Fsp3) is 0.545. The molecule has 0 aliphatic carbocycles. The van der Waals surface area contributed by atoms with Crippen molar-refractivity contribution in [1.82, 2.24) is 9.97 Å². The number of nitrogen functional groups attached to an aromatic ring is 1. The molecule has 1 aliphatic heterocycles. The molecule has 110 valence electrons. The van der Waals surface area contributed by atoms with Gasteiger partial charge in [0, 0.05) is 19.7 Å². The molecule has 5 N–H and O–H groups in total. The van der Waals surface area contributed by atoms with Gasteiger partial charge in [-0.1, -0.05) is 0 Å². The van der Waals surface area contributed by atoms with Crippen LogP contribution in [0.3, 0.4) is 0 Å². The summed E-state index contributed by atoms with van der Waals surface area (Å²) in [6, 6.07) is 1.10. The normalized spacial score (nSPS) is 18.9. The number of amides is 1. The minimum absolute atomic E-state index is 0.240. The minimum Gasteiger partial charge on any atom is -0.377 e. The largest absolute Gasteiger partial charge is 0.377 e. The Labute approximate surface area is 116 Å². The maximum Gasteiger partial charge on any atom is 0.242 e. The summed E-state index contributed by atoms with van der Waals surface area (Å²) in [5.74, 6) is 6.40. The van der Waals surface area contributed by atoms with Crippen molar-refractivity contribution >= 4 is 17.5 Å². The van der Waals surface area contributed by atoms with E-state index in [-0.39, 0.29) is 13.2 Å². The van der Waals surface area contributed by atoms with Crippen molar-refractivity contribution in [2.45, 2.75) is 12.6 Å². The standard InChI is InChI=1S/C11H18N6O3/c1-19-6-9-14-8(16-13)4-10(15-9)17-2-3-20-5-7(17)11(12)18/h4,7H,2-3,5-6,13H2,1H3,(H2,12,18)(H,14,15,16). The lowest BCUT2D eigenvalue weighted by atomic mass is 10.2. The highest BCUT2D eigenvalue weighted by molar-refractivity contribution is 5.83. The average Bonchev–Trinajstić information content (AvgIpc) is 2.47. The first-order valence-electron chi connectivity index (χ1n) is 6.13. The number of rotatable bonds is 5. The number of hydrazine groups is 1. The molecule has 0 spiro atoms. The summed E-state index contributed by atoms with van der Waals surface area (Å²) in [6.45, 7) is 1.50. The highest BCUT2D eigenvalue weighted by Gasteiger charge is 2.29. The Morgan fingerprint density at radius 1 is 1.65 bits per heavy atom. The first kappa shape index (κ1) is 14.4. The van der Waals surface area contributed by atoms with E-state index in [9.17, 15) is 4.79 Å². The molecule has 2 rings (SSSR count). The number of methoxy groups -OCH3 is 1. The molecule has 0 saturated carbocycles. The molecular weight excluding hydrogens is 264 g/mol. The van der Waals surface area contributed by atoms with Crippen LogP contribution < -0.4 is 21.9 Å². The van der Waals surface area contributed by atoms with E-state index >= 15 is 0 Å². The molecule has 1 saturated heterocycles. The molecule has 1 aromatic heterocycles. The topological polar surface area (TPSA) is 129 Å². The molecule has 1 unspecified atom stereocenters. The van der Waals surface area contributed by atoms with Crippen molar-refractivity contribution in [3.8, 4) is 0 Å². The summed E-state index contributed by atoms with van der Waals surface area (Å²) in [5.41, 5.74) is 7.86. The van der Waals surface area contributed by atoms with Gasteiger partial charge in [0.05, 0.1) is 13.2 Å².